The summed E-state index contributed by atoms with van der Waals surface area (Å²) in [5.41, 5.74) is 0. The minimum atomic E-state index is -4.00. The van der Waals surface area contributed by atoms with E-state index in [1.165, 1.54) is 0 Å². The molecule has 0 aromatic carbocycles. The summed E-state index contributed by atoms with van der Waals surface area (Å²) in [6.07, 6.45) is 0. The molecule has 0 saturated carbocycles. The molecular formula is H10B2O8. The molecule has 8 nitrogen and oxygen atoms in total. The number of rotatable bonds is 0. The van der Waals surface area contributed by atoms with Gasteiger partial charge in [0.2, 0.25) is 0 Å². The summed E-state index contributed by atoms with van der Waals surface area (Å²) in [6.45, 7) is -4.00. The highest BCUT2D eigenvalue weighted by Crippen LogP contribution is 1.67. The molecule has 0 heterocycles. The highest BCUT2D eigenvalue weighted by atomic mass is 16.7. The van der Waals surface area contributed by atoms with Gasteiger partial charge in [-0.15, -0.1) is 0 Å². The molecule has 0 spiro atoms. The molecule has 0 bridgehead atoms. The maximum absolute atomic E-state index is 7.25. The van der Waals surface area contributed by atoms with Gasteiger partial charge < -0.3 is 40.6 Å². The smallest absolute Gasteiger partial charge is 0.534 e. The predicted molar refractivity (Wildman–Crippen MR) is 31.9 cm³/mol. The van der Waals surface area contributed by atoms with E-state index in [-0.39, 0.29) is 5.48 Å². The van der Waals surface area contributed by atoms with Crippen LogP contribution in [0.2, 0.25) is 0 Å². The van der Waals surface area contributed by atoms with Gasteiger partial charge in [0.1, 0.15) is 0 Å². The highest BCUT2D eigenvalue weighted by molar-refractivity contribution is 6.46. The minimum absolute atomic E-state index is 0. The molecule has 10 heteroatoms. The second-order valence-corrected chi connectivity index (χ2v) is 1.04. The fraction of sp³-hybridized carbons (Fsp3) is 0. The largest absolute Gasteiger partial charge is 0.631 e. The molecule has 0 fully saturated rings. The molecule has 0 atom stereocenters. The molecule has 0 aliphatic carbocycles. The fourth-order valence-electron chi connectivity index (χ4n) is 0. The van der Waals surface area contributed by atoms with Gasteiger partial charge in [0.05, 0.1) is 0 Å². The quantitative estimate of drug-likeness (QED) is 0.136. The lowest BCUT2D eigenvalue weighted by Gasteiger charge is -2.07. The van der Waals surface area contributed by atoms with Crippen molar-refractivity contribution >= 4 is 14.3 Å². The monoisotopic (exact) mass is 160 g/mol. The number of hydrogen-bond acceptors (Lipinski definition) is 7. The maximum Gasteiger partial charge on any atom is 0.631 e. The average Bonchev–Trinajstić information content (AvgIpc) is 1.19. The molecule has 0 radical (unpaired) electrons. The van der Waals surface area contributed by atoms with Gasteiger partial charge in [0, 0.05) is 0 Å². The van der Waals surface area contributed by atoms with E-state index in [0.29, 0.717) is 0 Å². The first-order chi connectivity index (χ1) is 3.73. The summed E-state index contributed by atoms with van der Waals surface area (Å²) in [4.78, 5) is 0. The summed E-state index contributed by atoms with van der Waals surface area (Å²) in [5.74, 6) is 0. The van der Waals surface area contributed by atoms with Crippen molar-refractivity contribution in [1.29, 1.82) is 0 Å². The molecule has 0 aliphatic rings. The van der Waals surface area contributed by atoms with Gasteiger partial charge in [-0.3, -0.25) is 0 Å². The van der Waals surface area contributed by atoms with Gasteiger partial charge >= 0.3 is 14.3 Å². The van der Waals surface area contributed by atoms with Crippen molar-refractivity contribution in [1.82, 2.24) is 0 Å². The van der Waals surface area contributed by atoms with Gasteiger partial charge in [-0.2, -0.15) is 0 Å². The van der Waals surface area contributed by atoms with Crippen LogP contribution in [-0.4, -0.2) is 49.4 Å². The van der Waals surface area contributed by atoms with Gasteiger partial charge in [0.25, 0.3) is 0 Å². The van der Waals surface area contributed by atoms with E-state index in [9.17, 15) is 0 Å². The van der Waals surface area contributed by atoms with Crippen LogP contribution in [-0.2, 0) is 5.48 Å². The van der Waals surface area contributed by atoms with E-state index < -0.39 is 14.3 Å². The van der Waals surface area contributed by atoms with Crippen molar-refractivity contribution in [2.75, 3.05) is 0 Å². The van der Waals surface area contributed by atoms with Crippen LogP contribution in [0.15, 0.2) is 0 Å². The van der Waals surface area contributed by atoms with Crippen LogP contribution in [0.5, 0.6) is 0 Å². The Bertz CT molecular complexity index is 44.0. The van der Waals surface area contributed by atoms with Gasteiger partial charge in [-0.25, -0.2) is 0 Å². The SMILES string of the molecule is OB(O)O.O[B-](O)(O)O.[OH3+]. The van der Waals surface area contributed by atoms with Crippen molar-refractivity contribution in [3.63, 3.8) is 0 Å². The second kappa shape index (κ2) is 6.92. The van der Waals surface area contributed by atoms with Gasteiger partial charge in [-0.05, 0) is 0 Å². The molecule has 0 saturated heterocycles. The van der Waals surface area contributed by atoms with E-state index >= 15 is 0 Å². The molecule has 0 rings (SSSR count). The molecule has 0 aliphatic heterocycles. The summed E-state index contributed by atoms with van der Waals surface area (Å²) >= 11 is 0. The van der Waals surface area contributed by atoms with Crippen molar-refractivity contribution in [3.05, 3.63) is 0 Å². The van der Waals surface area contributed by atoms with Crippen molar-refractivity contribution in [2.45, 2.75) is 0 Å². The van der Waals surface area contributed by atoms with Crippen LogP contribution in [0.3, 0.4) is 0 Å². The average molecular weight is 160 g/mol. The van der Waals surface area contributed by atoms with Crippen LogP contribution in [0.4, 0.5) is 0 Å². The van der Waals surface area contributed by atoms with E-state index in [2.05, 4.69) is 0 Å². The van der Waals surface area contributed by atoms with Crippen LogP contribution in [0.25, 0.3) is 0 Å². The lowest BCUT2D eigenvalue weighted by Crippen LogP contribution is -2.33. The van der Waals surface area contributed by atoms with Crippen LogP contribution >= 0.6 is 0 Å². The molecule has 0 aromatic heterocycles. The Morgan fingerprint density at radius 2 is 0.800 bits per heavy atom. The summed E-state index contributed by atoms with van der Waals surface area (Å²) < 4.78 is 0. The Morgan fingerprint density at radius 3 is 0.800 bits per heavy atom. The Morgan fingerprint density at radius 1 is 0.800 bits per heavy atom. The minimum Gasteiger partial charge on any atom is -0.534 e. The normalized spacial score (nSPS) is 8.70. The first kappa shape index (κ1) is 16.4. The summed E-state index contributed by atoms with van der Waals surface area (Å²) in [6, 6.07) is 0. The standard InChI is InChI=1S/BH4O4.BH3O3.H2O/c2-1(3,4)5;2-1(3)4;/h2-5H;2-4H;1H2/q-1;;/p+1. The third kappa shape index (κ3) is 10000. The lowest BCUT2D eigenvalue weighted by atomic mass is 10.1. The van der Waals surface area contributed by atoms with Crippen LogP contribution in [0.1, 0.15) is 0 Å². The number of hydrogen-bond donors (Lipinski definition) is 7. The Kier molecular flexibility index (Phi) is 11.4. The predicted octanol–water partition coefficient (Wildman–Crippen LogP) is -5.58. The van der Waals surface area contributed by atoms with Gasteiger partial charge in [-0.1, -0.05) is 0 Å². The summed E-state index contributed by atoms with van der Waals surface area (Å²) in [7, 11) is -2.17. The fourth-order valence-corrected chi connectivity index (χ4v) is 0. The zero-order valence-electron chi connectivity index (χ0n) is 4.86. The molecule has 0 unspecified atom stereocenters. The van der Waals surface area contributed by atoms with Crippen LogP contribution < -0.4 is 0 Å². The molecule has 0 aromatic rings. The Labute approximate surface area is 56.1 Å². The van der Waals surface area contributed by atoms with Crippen molar-refractivity contribution in [2.24, 2.45) is 0 Å². The Balaban J connectivity index is -0.0000000910. The molecular weight excluding hydrogens is 150 g/mol. The van der Waals surface area contributed by atoms with E-state index in [4.69, 9.17) is 35.2 Å². The molecule has 10 N–H and O–H groups in total. The van der Waals surface area contributed by atoms with Gasteiger partial charge in [0.15, 0.2) is 0 Å². The first-order valence-corrected chi connectivity index (χ1v) is 1.81. The third-order valence-corrected chi connectivity index (χ3v) is 0. The zero-order valence-corrected chi connectivity index (χ0v) is 4.86. The molecule has 64 valence electrons. The topological polar surface area (TPSA) is 175 Å². The lowest BCUT2D eigenvalue weighted by molar-refractivity contribution is 0.117. The summed E-state index contributed by atoms with van der Waals surface area (Å²) in [5, 5.41) is 50.5. The van der Waals surface area contributed by atoms with E-state index in [0.717, 1.165) is 0 Å². The molecule has 0 amide bonds. The van der Waals surface area contributed by atoms with E-state index in [1.54, 1.807) is 0 Å². The van der Waals surface area contributed by atoms with E-state index in [1.807, 2.05) is 0 Å². The second-order valence-electron chi connectivity index (χ2n) is 1.04. The highest BCUT2D eigenvalue weighted by Gasteiger charge is 2.06. The van der Waals surface area contributed by atoms with Crippen molar-refractivity contribution in [3.8, 4) is 0 Å². The zero-order chi connectivity index (χ0) is 8.08. The first-order valence-electron chi connectivity index (χ1n) is 1.81. The maximum atomic E-state index is 7.25. The van der Waals surface area contributed by atoms with Crippen molar-refractivity contribution < 1.29 is 40.6 Å². The van der Waals surface area contributed by atoms with Crippen LogP contribution in [0, 0.1) is 0 Å². The Hall–Kier alpha value is -0.190. The third-order valence-electron chi connectivity index (χ3n) is 0. The molecule has 10 heavy (non-hydrogen) atoms.